The second-order valence-electron chi connectivity index (χ2n) is 4.01. The summed E-state index contributed by atoms with van der Waals surface area (Å²) in [5.41, 5.74) is 0. The normalized spacial score (nSPS) is 13.2. The molecule has 0 bridgehead atoms. The summed E-state index contributed by atoms with van der Waals surface area (Å²) in [5.74, 6) is 1.94. The van der Waals surface area contributed by atoms with Crippen molar-refractivity contribution in [2.75, 3.05) is 5.75 Å². The minimum absolute atomic E-state index is 0.870. The monoisotopic (exact) mass is 202 g/mol. The van der Waals surface area contributed by atoms with Gasteiger partial charge >= 0.3 is 0 Å². The van der Waals surface area contributed by atoms with Crippen LogP contribution in [0.25, 0.3) is 0 Å². The Labute approximate surface area is 89.9 Å². The van der Waals surface area contributed by atoms with Gasteiger partial charge in [-0.1, -0.05) is 58.8 Å². The van der Waals surface area contributed by atoms with Gasteiger partial charge in [0.1, 0.15) is 0 Å². The van der Waals surface area contributed by atoms with E-state index in [-0.39, 0.29) is 0 Å². The molecule has 0 aromatic rings. The van der Waals surface area contributed by atoms with Crippen molar-refractivity contribution in [1.29, 1.82) is 0 Å². The number of hydrogen-bond acceptors (Lipinski definition) is 1. The maximum absolute atomic E-state index is 4.35. The highest BCUT2D eigenvalue weighted by molar-refractivity contribution is 7.80. The van der Waals surface area contributed by atoms with Gasteiger partial charge in [0.05, 0.1) is 0 Å². The zero-order valence-corrected chi connectivity index (χ0v) is 10.3. The highest BCUT2D eigenvalue weighted by Gasteiger charge is 2.02. The molecular weight excluding hydrogens is 176 g/mol. The lowest BCUT2D eigenvalue weighted by Gasteiger charge is -2.10. The summed E-state index contributed by atoms with van der Waals surface area (Å²) in [4.78, 5) is 0. The molecule has 0 aliphatic heterocycles. The minimum atomic E-state index is 0.870. The molecule has 0 fully saturated rings. The molecule has 0 amide bonds. The minimum Gasteiger partial charge on any atom is -0.179 e. The molecule has 0 saturated carbocycles. The molecule has 0 aromatic heterocycles. The average molecular weight is 202 g/mol. The van der Waals surface area contributed by atoms with Crippen LogP contribution in [-0.2, 0) is 0 Å². The third kappa shape index (κ3) is 8.67. The van der Waals surface area contributed by atoms with E-state index in [9.17, 15) is 0 Å². The van der Waals surface area contributed by atoms with Gasteiger partial charge in [-0.15, -0.1) is 0 Å². The summed E-state index contributed by atoms with van der Waals surface area (Å²) in [6, 6.07) is 0. The van der Waals surface area contributed by atoms with Crippen LogP contribution >= 0.6 is 12.6 Å². The van der Waals surface area contributed by atoms with E-state index in [2.05, 4.69) is 26.5 Å². The average Bonchev–Trinajstić information content (AvgIpc) is 2.17. The SMILES string of the molecule is CCCCCCCCC(CC)CS. The molecule has 0 aliphatic carbocycles. The van der Waals surface area contributed by atoms with E-state index in [1.807, 2.05) is 0 Å². The van der Waals surface area contributed by atoms with Crippen LogP contribution in [0.3, 0.4) is 0 Å². The van der Waals surface area contributed by atoms with E-state index in [1.54, 1.807) is 0 Å². The van der Waals surface area contributed by atoms with Crippen molar-refractivity contribution in [1.82, 2.24) is 0 Å². The standard InChI is InChI=1S/C12H26S/c1-3-5-6-7-8-9-10-12(4-2)11-13/h12-13H,3-11H2,1-2H3. The highest BCUT2D eigenvalue weighted by Crippen LogP contribution is 2.15. The Morgan fingerprint density at radius 2 is 1.54 bits per heavy atom. The van der Waals surface area contributed by atoms with Crippen molar-refractivity contribution in [3.05, 3.63) is 0 Å². The predicted molar refractivity (Wildman–Crippen MR) is 65.6 cm³/mol. The van der Waals surface area contributed by atoms with Crippen molar-refractivity contribution in [2.24, 2.45) is 5.92 Å². The van der Waals surface area contributed by atoms with Gasteiger partial charge in [-0.05, 0) is 18.1 Å². The number of rotatable bonds is 9. The van der Waals surface area contributed by atoms with Gasteiger partial charge in [-0.25, -0.2) is 0 Å². The molecule has 0 N–H and O–H groups in total. The molecule has 80 valence electrons. The molecule has 1 unspecified atom stereocenters. The van der Waals surface area contributed by atoms with Gasteiger partial charge in [0, 0.05) is 0 Å². The van der Waals surface area contributed by atoms with Crippen LogP contribution in [0.1, 0.15) is 65.2 Å². The van der Waals surface area contributed by atoms with E-state index in [0.717, 1.165) is 11.7 Å². The third-order valence-corrected chi connectivity index (χ3v) is 3.32. The Hall–Kier alpha value is 0.350. The van der Waals surface area contributed by atoms with Crippen molar-refractivity contribution < 1.29 is 0 Å². The molecule has 0 aromatic carbocycles. The summed E-state index contributed by atoms with van der Waals surface area (Å²) in [6.07, 6.45) is 11.2. The van der Waals surface area contributed by atoms with Gasteiger partial charge in [0.15, 0.2) is 0 Å². The number of thiol groups is 1. The van der Waals surface area contributed by atoms with E-state index >= 15 is 0 Å². The van der Waals surface area contributed by atoms with Crippen molar-refractivity contribution in [3.8, 4) is 0 Å². The Bertz CT molecular complexity index is 87.1. The van der Waals surface area contributed by atoms with Gasteiger partial charge in [-0.2, -0.15) is 12.6 Å². The molecule has 0 rings (SSSR count). The molecule has 13 heavy (non-hydrogen) atoms. The number of unbranched alkanes of at least 4 members (excludes halogenated alkanes) is 5. The van der Waals surface area contributed by atoms with E-state index in [0.29, 0.717) is 0 Å². The van der Waals surface area contributed by atoms with Gasteiger partial charge in [-0.3, -0.25) is 0 Å². The molecule has 0 spiro atoms. The summed E-state index contributed by atoms with van der Waals surface area (Å²) in [5, 5.41) is 0. The molecular formula is C12H26S. The number of hydrogen-bond donors (Lipinski definition) is 1. The third-order valence-electron chi connectivity index (χ3n) is 2.80. The topological polar surface area (TPSA) is 0 Å². The maximum Gasteiger partial charge on any atom is -0.00696 e. The lowest BCUT2D eigenvalue weighted by atomic mass is 10.00. The fourth-order valence-corrected chi connectivity index (χ4v) is 2.08. The molecule has 0 aliphatic rings. The Morgan fingerprint density at radius 1 is 0.923 bits per heavy atom. The second kappa shape index (κ2) is 10.4. The van der Waals surface area contributed by atoms with Crippen LogP contribution < -0.4 is 0 Å². The van der Waals surface area contributed by atoms with Crippen molar-refractivity contribution in [3.63, 3.8) is 0 Å². The first-order chi connectivity index (χ1) is 6.35. The Kier molecular flexibility index (Phi) is 10.7. The van der Waals surface area contributed by atoms with E-state index < -0.39 is 0 Å². The Morgan fingerprint density at radius 3 is 2.08 bits per heavy atom. The van der Waals surface area contributed by atoms with Crippen LogP contribution in [0.5, 0.6) is 0 Å². The summed E-state index contributed by atoms with van der Waals surface area (Å²) in [7, 11) is 0. The lowest BCUT2D eigenvalue weighted by Crippen LogP contribution is -1.99. The maximum atomic E-state index is 4.35. The zero-order chi connectivity index (χ0) is 9.94. The van der Waals surface area contributed by atoms with Crippen molar-refractivity contribution in [2.45, 2.75) is 65.2 Å². The van der Waals surface area contributed by atoms with Gasteiger partial charge in [0.2, 0.25) is 0 Å². The molecule has 1 heteroatoms. The van der Waals surface area contributed by atoms with E-state index in [4.69, 9.17) is 0 Å². The molecule has 0 radical (unpaired) electrons. The van der Waals surface area contributed by atoms with Gasteiger partial charge in [0.25, 0.3) is 0 Å². The van der Waals surface area contributed by atoms with E-state index in [1.165, 1.54) is 51.4 Å². The summed E-state index contributed by atoms with van der Waals surface area (Å²) >= 11 is 4.35. The van der Waals surface area contributed by atoms with Crippen LogP contribution in [0.2, 0.25) is 0 Å². The summed E-state index contributed by atoms with van der Waals surface area (Å²) in [6.45, 7) is 4.55. The highest BCUT2D eigenvalue weighted by atomic mass is 32.1. The first-order valence-corrected chi connectivity index (χ1v) is 6.59. The zero-order valence-electron chi connectivity index (χ0n) is 9.39. The molecule has 0 heterocycles. The van der Waals surface area contributed by atoms with Crippen LogP contribution in [0.15, 0.2) is 0 Å². The summed E-state index contributed by atoms with van der Waals surface area (Å²) < 4.78 is 0. The van der Waals surface area contributed by atoms with Gasteiger partial charge < -0.3 is 0 Å². The smallest absolute Gasteiger partial charge is 0.00696 e. The second-order valence-corrected chi connectivity index (χ2v) is 4.38. The predicted octanol–water partition coefficient (Wildman–Crippen LogP) is 4.69. The van der Waals surface area contributed by atoms with Crippen LogP contribution in [0.4, 0.5) is 0 Å². The first-order valence-electron chi connectivity index (χ1n) is 5.96. The lowest BCUT2D eigenvalue weighted by molar-refractivity contribution is 0.479. The van der Waals surface area contributed by atoms with Crippen LogP contribution in [0, 0.1) is 5.92 Å². The fraction of sp³-hybridized carbons (Fsp3) is 1.00. The Balaban J connectivity index is 3.05. The van der Waals surface area contributed by atoms with Crippen molar-refractivity contribution >= 4 is 12.6 Å². The quantitative estimate of drug-likeness (QED) is 0.407. The van der Waals surface area contributed by atoms with Crippen LogP contribution in [-0.4, -0.2) is 5.75 Å². The molecule has 0 saturated heterocycles. The molecule has 1 atom stereocenters. The molecule has 0 nitrogen and oxygen atoms in total. The first kappa shape index (κ1) is 13.4. The largest absolute Gasteiger partial charge is 0.179 e. The fourth-order valence-electron chi connectivity index (χ4n) is 1.64.